The lowest BCUT2D eigenvalue weighted by Crippen LogP contribution is -2.05. The minimum atomic E-state index is 0.146. The normalized spacial score (nSPS) is 11.6. The van der Waals surface area contributed by atoms with Crippen molar-refractivity contribution in [3.63, 3.8) is 0 Å². The van der Waals surface area contributed by atoms with Crippen LogP contribution in [-0.2, 0) is 0 Å². The molecule has 0 bridgehead atoms. The molecule has 0 aliphatic carbocycles. The van der Waals surface area contributed by atoms with E-state index in [2.05, 4.69) is 23.3 Å². The zero-order chi connectivity index (χ0) is 13.0. The SMILES string of the molecule is COc1ccc(NC(C)c2ccc(C#N)s2)cn1. The molecule has 1 atom stereocenters. The largest absolute Gasteiger partial charge is 0.481 e. The Bertz CT molecular complexity index is 556. The summed E-state index contributed by atoms with van der Waals surface area (Å²) in [6, 6.07) is 9.82. The standard InChI is InChI=1S/C13H13N3OS/c1-9(12-5-4-11(7-14)18-12)16-10-3-6-13(17-2)15-8-10/h3-6,8-9,16H,1-2H3. The molecule has 0 radical (unpaired) electrons. The molecule has 0 saturated heterocycles. The van der Waals surface area contributed by atoms with Crippen LogP contribution in [0.5, 0.6) is 5.88 Å². The minimum Gasteiger partial charge on any atom is -0.481 e. The van der Waals surface area contributed by atoms with E-state index in [0.717, 1.165) is 15.4 Å². The highest BCUT2D eigenvalue weighted by Crippen LogP contribution is 2.25. The highest BCUT2D eigenvalue weighted by molar-refractivity contribution is 7.12. The zero-order valence-corrected chi connectivity index (χ0v) is 11.0. The molecule has 0 fully saturated rings. The summed E-state index contributed by atoms with van der Waals surface area (Å²) in [7, 11) is 1.59. The van der Waals surface area contributed by atoms with Gasteiger partial charge in [-0.05, 0) is 25.1 Å². The summed E-state index contributed by atoms with van der Waals surface area (Å²) in [5, 5.41) is 12.1. The maximum atomic E-state index is 8.80. The number of methoxy groups -OCH3 is 1. The van der Waals surface area contributed by atoms with Gasteiger partial charge in [0.2, 0.25) is 5.88 Å². The summed E-state index contributed by atoms with van der Waals surface area (Å²) in [5.41, 5.74) is 0.926. The van der Waals surface area contributed by atoms with Gasteiger partial charge in [-0.3, -0.25) is 0 Å². The smallest absolute Gasteiger partial charge is 0.213 e. The quantitative estimate of drug-likeness (QED) is 0.916. The number of ether oxygens (including phenoxy) is 1. The number of nitriles is 1. The second kappa shape index (κ2) is 5.52. The Morgan fingerprint density at radius 3 is 2.78 bits per heavy atom. The monoisotopic (exact) mass is 259 g/mol. The third-order valence-electron chi connectivity index (χ3n) is 2.49. The lowest BCUT2D eigenvalue weighted by Gasteiger charge is -2.13. The van der Waals surface area contributed by atoms with Gasteiger partial charge >= 0.3 is 0 Å². The molecular weight excluding hydrogens is 246 g/mol. The fourth-order valence-electron chi connectivity index (χ4n) is 1.55. The van der Waals surface area contributed by atoms with E-state index in [1.54, 1.807) is 13.3 Å². The first kappa shape index (κ1) is 12.4. The van der Waals surface area contributed by atoms with Crippen LogP contribution < -0.4 is 10.1 Å². The van der Waals surface area contributed by atoms with E-state index in [4.69, 9.17) is 10.00 Å². The van der Waals surface area contributed by atoms with Crippen molar-refractivity contribution >= 4 is 17.0 Å². The summed E-state index contributed by atoms with van der Waals surface area (Å²) < 4.78 is 5.00. The number of pyridine rings is 1. The number of hydrogen-bond acceptors (Lipinski definition) is 5. The van der Waals surface area contributed by atoms with Crippen LogP contribution in [0.1, 0.15) is 22.7 Å². The fourth-order valence-corrected chi connectivity index (χ4v) is 2.36. The van der Waals surface area contributed by atoms with E-state index >= 15 is 0 Å². The van der Waals surface area contributed by atoms with Gasteiger partial charge in [0.05, 0.1) is 25.0 Å². The number of nitrogens with zero attached hydrogens (tertiary/aromatic N) is 2. The topological polar surface area (TPSA) is 57.9 Å². The van der Waals surface area contributed by atoms with Crippen LogP contribution in [0.2, 0.25) is 0 Å². The van der Waals surface area contributed by atoms with Crippen molar-refractivity contribution in [2.24, 2.45) is 0 Å². The molecule has 2 rings (SSSR count). The van der Waals surface area contributed by atoms with Crippen LogP contribution in [-0.4, -0.2) is 12.1 Å². The van der Waals surface area contributed by atoms with Crippen molar-refractivity contribution < 1.29 is 4.74 Å². The van der Waals surface area contributed by atoms with Crippen molar-refractivity contribution in [2.75, 3.05) is 12.4 Å². The molecule has 1 N–H and O–H groups in total. The Hall–Kier alpha value is -2.06. The highest BCUT2D eigenvalue weighted by atomic mass is 32.1. The molecule has 5 heteroatoms. The van der Waals surface area contributed by atoms with Gasteiger partial charge in [0.25, 0.3) is 0 Å². The van der Waals surface area contributed by atoms with E-state index in [1.807, 2.05) is 24.3 Å². The van der Waals surface area contributed by atoms with Crippen molar-refractivity contribution in [2.45, 2.75) is 13.0 Å². The number of rotatable bonds is 4. The maximum Gasteiger partial charge on any atom is 0.213 e. The predicted molar refractivity (Wildman–Crippen MR) is 71.9 cm³/mol. The Balaban J connectivity index is 2.06. The van der Waals surface area contributed by atoms with Gasteiger partial charge in [0.15, 0.2) is 0 Å². The van der Waals surface area contributed by atoms with Crippen LogP contribution in [0.25, 0.3) is 0 Å². The lowest BCUT2D eigenvalue weighted by atomic mass is 10.2. The first-order valence-corrected chi connectivity index (χ1v) is 6.31. The van der Waals surface area contributed by atoms with Crippen LogP contribution in [0.4, 0.5) is 5.69 Å². The van der Waals surface area contributed by atoms with Crippen molar-refractivity contribution in [3.8, 4) is 11.9 Å². The Kier molecular flexibility index (Phi) is 3.80. The van der Waals surface area contributed by atoms with Crippen LogP contribution >= 0.6 is 11.3 Å². The molecule has 0 amide bonds. The molecule has 0 aliphatic heterocycles. The Morgan fingerprint density at radius 1 is 1.39 bits per heavy atom. The Morgan fingerprint density at radius 2 is 2.22 bits per heavy atom. The third-order valence-corrected chi connectivity index (χ3v) is 3.67. The zero-order valence-electron chi connectivity index (χ0n) is 10.2. The molecule has 18 heavy (non-hydrogen) atoms. The second-order valence-corrected chi connectivity index (χ2v) is 4.88. The minimum absolute atomic E-state index is 0.146. The van der Waals surface area contributed by atoms with Crippen LogP contribution in [0.15, 0.2) is 30.5 Å². The van der Waals surface area contributed by atoms with Gasteiger partial charge in [0.1, 0.15) is 10.9 Å². The van der Waals surface area contributed by atoms with Crippen LogP contribution in [0, 0.1) is 11.3 Å². The third kappa shape index (κ3) is 2.79. The summed E-state index contributed by atoms with van der Waals surface area (Å²) in [5.74, 6) is 0.594. The average molecular weight is 259 g/mol. The molecule has 0 aliphatic rings. The summed E-state index contributed by atoms with van der Waals surface area (Å²) in [4.78, 5) is 5.99. The van der Waals surface area contributed by atoms with Gasteiger partial charge in [-0.25, -0.2) is 4.98 Å². The number of thiophene rings is 1. The van der Waals surface area contributed by atoms with Crippen molar-refractivity contribution in [1.29, 1.82) is 5.26 Å². The first-order chi connectivity index (χ1) is 8.72. The van der Waals surface area contributed by atoms with Crippen molar-refractivity contribution in [1.82, 2.24) is 4.98 Å². The molecular formula is C13H13N3OS. The molecule has 0 saturated carbocycles. The molecule has 2 aromatic rings. The molecule has 1 unspecified atom stereocenters. The van der Waals surface area contributed by atoms with E-state index < -0.39 is 0 Å². The summed E-state index contributed by atoms with van der Waals surface area (Å²) in [6.45, 7) is 2.05. The molecule has 0 spiro atoms. The van der Waals surface area contributed by atoms with E-state index in [9.17, 15) is 0 Å². The fraction of sp³-hybridized carbons (Fsp3) is 0.231. The average Bonchev–Trinajstić information content (AvgIpc) is 2.88. The number of anilines is 1. The van der Waals surface area contributed by atoms with E-state index in [1.165, 1.54) is 11.3 Å². The van der Waals surface area contributed by atoms with Crippen LogP contribution in [0.3, 0.4) is 0 Å². The summed E-state index contributed by atoms with van der Waals surface area (Å²) in [6.07, 6.45) is 1.73. The number of hydrogen-bond donors (Lipinski definition) is 1. The van der Waals surface area contributed by atoms with Gasteiger partial charge in [-0.2, -0.15) is 5.26 Å². The van der Waals surface area contributed by atoms with Gasteiger partial charge in [-0.1, -0.05) is 0 Å². The van der Waals surface area contributed by atoms with Crippen molar-refractivity contribution in [3.05, 3.63) is 40.2 Å². The van der Waals surface area contributed by atoms with E-state index in [0.29, 0.717) is 5.88 Å². The summed E-state index contributed by atoms with van der Waals surface area (Å²) >= 11 is 1.50. The van der Waals surface area contributed by atoms with Gasteiger partial charge < -0.3 is 10.1 Å². The molecule has 92 valence electrons. The highest BCUT2D eigenvalue weighted by Gasteiger charge is 2.08. The predicted octanol–water partition coefficient (Wildman–Crippen LogP) is 3.20. The number of nitrogens with one attached hydrogen (secondary N) is 1. The molecule has 2 heterocycles. The number of aromatic nitrogens is 1. The molecule has 0 aromatic carbocycles. The van der Waals surface area contributed by atoms with Gasteiger partial charge in [-0.15, -0.1) is 11.3 Å². The first-order valence-electron chi connectivity index (χ1n) is 5.49. The Labute approximate surface area is 110 Å². The maximum absolute atomic E-state index is 8.80. The van der Waals surface area contributed by atoms with Gasteiger partial charge in [0, 0.05) is 10.9 Å². The molecule has 4 nitrogen and oxygen atoms in total. The lowest BCUT2D eigenvalue weighted by molar-refractivity contribution is 0.398. The van der Waals surface area contributed by atoms with E-state index in [-0.39, 0.29) is 6.04 Å². The molecule has 2 aromatic heterocycles. The second-order valence-electron chi connectivity index (χ2n) is 3.77.